The molecule has 0 aliphatic heterocycles. The standard InChI is InChI=1S/C19H19N7O/c1-11-9-16(24-18(20)23-11)26-15-10-13(5-6-14(15)12(2)25-26)19(3,27)17-21-7-4-8-22-17/h4-10,27H,1-3H3,(H2,20,23,24). The predicted molar refractivity (Wildman–Crippen MR) is 101 cm³/mol. The van der Waals surface area contributed by atoms with Crippen molar-refractivity contribution in [3.05, 3.63) is 65.5 Å². The van der Waals surface area contributed by atoms with E-state index in [1.807, 2.05) is 38.1 Å². The number of nitrogens with two attached hydrogens (primary N) is 1. The Labute approximate surface area is 155 Å². The van der Waals surface area contributed by atoms with Crippen LogP contribution in [0.2, 0.25) is 0 Å². The summed E-state index contributed by atoms with van der Waals surface area (Å²) in [6.45, 7) is 5.45. The molecule has 0 saturated carbocycles. The summed E-state index contributed by atoms with van der Waals surface area (Å²) in [5.74, 6) is 1.09. The van der Waals surface area contributed by atoms with Gasteiger partial charge in [-0.25, -0.2) is 19.6 Å². The molecule has 0 aliphatic rings. The first-order chi connectivity index (χ1) is 12.9. The van der Waals surface area contributed by atoms with Gasteiger partial charge in [0.15, 0.2) is 11.6 Å². The highest BCUT2D eigenvalue weighted by Crippen LogP contribution is 2.30. The normalized spacial score (nSPS) is 13.6. The van der Waals surface area contributed by atoms with Crippen LogP contribution in [0.3, 0.4) is 0 Å². The second kappa shape index (κ2) is 6.10. The van der Waals surface area contributed by atoms with E-state index in [4.69, 9.17) is 5.73 Å². The maximum Gasteiger partial charge on any atom is 0.222 e. The highest BCUT2D eigenvalue weighted by molar-refractivity contribution is 5.84. The minimum atomic E-state index is -1.35. The van der Waals surface area contributed by atoms with Crippen LogP contribution in [-0.2, 0) is 5.60 Å². The predicted octanol–water partition coefficient (Wildman–Crippen LogP) is 2.06. The average Bonchev–Trinajstić information content (AvgIpc) is 2.98. The van der Waals surface area contributed by atoms with Crippen molar-refractivity contribution < 1.29 is 5.11 Å². The molecule has 4 aromatic rings. The van der Waals surface area contributed by atoms with E-state index >= 15 is 0 Å². The van der Waals surface area contributed by atoms with Crippen LogP contribution in [-0.4, -0.2) is 34.8 Å². The molecule has 0 amide bonds. The first-order valence-electron chi connectivity index (χ1n) is 8.47. The molecule has 1 aromatic carbocycles. The van der Waals surface area contributed by atoms with Crippen LogP contribution < -0.4 is 5.73 Å². The fraction of sp³-hybridized carbons (Fsp3) is 0.211. The maximum atomic E-state index is 11.1. The Kier molecular flexibility index (Phi) is 3.85. The Hall–Kier alpha value is -3.39. The third-order valence-electron chi connectivity index (χ3n) is 4.50. The molecule has 1 unspecified atom stereocenters. The molecule has 8 heteroatoms. The number of benzene rings is 1. The highest BCUT2D eigenvalue weighted by atomic mass is 16.3. The van der Waals surface area contributed by atoms with Crippen LogP contribution in [0.15, 0.2) is 42.7 Å². The van der Waals surface area contributed by atoms with E-state index in [-0.39, 0.29) is 5.95 Å². The number of fused-ring (bicyclic) bond motifs is 1. The lowest BCUT2D eigenvalue weighted by atomic mass is 9.94. The first-order valence-corrected chi connectivity index (χ1v) is 8.47. The molecule has 3 heterocycles. The van der Waals surface area contributed by atoms with Crippen molar-refractivity contribution in [3.63, 3.8) is 0 Å². The molecule has 0 spiro atoms. The first kappa shape index (κ1) is 17.0. The van der Waals surface area contributed by atoms with Crippen molar-refractivity contribution in [1.82, 2.24) is 29.7 Å². The maximum absolute atomic E-state index is 11.1. The summed E-state index contributed by atoms with van der Waals surface area (Å²) in [7, 11) is 0. The number of hydrogen-bond donors (Lipinski definition) is 2. The summed E-state index contributed by atoms with van der Waals surface area (Å²) in [4.78, 5) is 16.8. The van der Waals surface area contributed by atoms with Crippen molar-refractivity contribution in [2.75, 3.05) is 5.73 Å². The highest BCUT2D eigenvalue weighted by Gasteiger charge is 2.29. The molecule has 3 N–H and O–H groups in total. The van der Waals surface area contributed by atoms with Crippen LogP contribution in [0.5, 0.6) is 0 Å². The number of rotatable bonds is 3. The van der Waals surface area contributed by atoms with E-state index in [2.05, 4.69) is 25.0 Å². The average molecular weight is 361 g/mol. The molecule has 0 saturated heterocycles. The lowest BCUT2D eigenvalue weighted by Gasteiger charge is -2.22. The third kappa shape index (κ3) is 2.89. The summed E-state index contributed by atoms with van der Waals surface area (Å²) >= 11 is 0. The Balaban J connectivity index is 1.92. The van der Waals surface area contributed by atoms with E-state index in [0.29, 0.717) is 17.2 Å². The largest absolute Gasteiger partial charge is 0.377 e. The van der Waals surface area contributed by atoms with Gasteiger partial charge in [0.1, 0.15) is 5.60 Å². The number of hydrogen-bond acceptors (Lipinski definition) is 7. The number of aryl methyl sites for hydroxylation is 2. The van der Waals surface area contributed by atoms with Crippen LogP contribution in [0.4, 0.5) is 5.95 Å². The van der Waals surface area contributed by atoms with E-state index in [1.54, 1.807) is 30.1 Å². The van der Waals surface area contributed by atoms with Gasteiger partial charge in [0.2, 0.25) is 5.95 Å². The molecule has 27 heavy (non-hydrogen) atoms. The Bertz CT molecular complexity index is 1120. The zero-order valence-electron chi connectivity index (χ0n) is 15.2. The lowest BCUT2D eigenvalue weighted by Crippen LogP contribution is -2.25. The Morgan fingerprint density at radius 1 is 1.07 bits per heavy atom. The smallest absolute Gasteiger partial charge is 0.222 e. The zero-order chi connectivity index (χ0) is 19.2. The monoisotopic (exact) mass is 361 g/mol. The molecular weight excluding hydrogens is 342 g/mol. The third-order valence-corrected chi connectivity index (χ3v) is 4.50. The summed E-state index contributed by atoms with van der Waals surface area (Å²) in [5.41, 5.74) is 7.51. The van der Waals surface area contributed by atoms with Crippen molar-refractivity contribution in [2.45, 2.75) is 26.4 Å². The quantitative estimate of drug-likeness (QED) is 0.574. The van der Waals surface area contributed by atoms with Gasteiger partial charge in [-0.1, -0.05) is 12.1 Å². The van der Waals surface area contributed by atoms with Crippen molar-refractivity contribution >= 4 is 16.9 Å². The van der Waals surface area contributed by atoms with E-state index in [0.717, 1.165) is 22.3 Å². The van der Waals surface area contributed by atoms with Gasteiger partial charge in [0, 0.05) is 29.5 Å². The molecule has 0 aliphatic carbocycles. The Morgan fingerprint density at radius 3 is 2.52 bits per heavy atom. The minimum absolute atomic E-state index is 0.187. The van der Waals surface area contributed by atoms with E-state index < -0.39 is 5.60 Å². The number of anilines is 1. The van der Waals surface area contributed by atoms with Crippen LogP contribution in [0.25, 0.3) is 16.7 Å². The molecule has 0 radical (unpaired) electrons. The van der Waals surface area contributed by atoms with Crippen molar-refractivity contribution in [1.29, 1.82) is 0 Å². The van der Waals surface area contributed by atoms with Gasteiger partial charge in [-0.05, 0) is 38.5 Å². The molecule has 136 valence electrons. The van der Waals surface area contributed by atoms with Crippen molar-refractivity contribution in [3.8, 4) is 5.82 Å². The summed E-state index contributed by atoms with van der Waals surface area (Å²) < 4.78 is 1.71. The topological polar surface area (TPSA) is 116 Å². The Morgan fingerprint density at radius 2 is 1.81 bits per heavy atom. The zero-order valence-corrected chi connectivity index (χ0v) is 15.2. The van der Waals surface area contributed by atoms with Gasteiger partial charge >= 0.3 is 0 Å². The fourth-order valence-corrected chi connectivity index (χ4v) is 3.11. The summed E-state index contributed by atoms with van der Waals surface area (Å²) in [6, 6.07) is 9.19. The van der Waals surface area contributed by atoms with Gasteiger partial charge in [0.05, 0.1) is 11.2 Å². The minimum Gasteiger partial charge on any atom is -0.377 e. The number of aliphatic hydroxyl groups is 1. The second-order valence-electron chi connectivity index (χ2n) is 6.60. The van der Waals surface area contributed by atoms with Crippen LogP contribution >= 0.6 is 0 Å². The lowest BCUT2D eigenvalue weighted by molar-refractivity contribution is 0.0922. The molecule has 3 aromatic heterocycles. The molecular formula is C19H19N7O. The molecule has 0 bridgehead atoms. The molecule has 4 rings (SSSR count). The van der Waals surface area contributed by atoms with Crippen LogP contribution in [0, 0.1) is 13.8 Å². The molecule has 8 nitrogen and oxygen atoms in total. The number of nitrogen functional groups attached to an aromatic ring is 1. The van der Waals surface area contributed by atoms with Crippen LogP contribution in [0.1, 0.15) is 29.7 Å². The SMILES string of the molecule is Cc1cc(-n2nc(C)c3ccc(C(C)(O)c4ncccn4)cc32)nc(N)n1. The van der Waals surface area contributed by atoms with Gasteiger partial charge in [-0.2, -0.15) is 10.1 Å². The number of nitrogens with zero attached hydrogens (tertiary/aromatic N) is 6. The molecule has 0 fully saturated rings. The second-order valence-corrected chi connectivity index (χ2v) is 6.60. The van der Waals surface area contributed by atoms with Crippen molar-refractivity contribution in [2.24, 2.45) is 0 Å². The van der Waals surface area contributed by atoms with Gasteiger partial charge < -0.3 is 10.8 Å². The molecule has 1 atom stereocenters. The van der Waals surface area contributed by atoms with Gasteiger partial charge in [-0.15, -0.1) is 0 Å². The number of aromatic nitrogens is 6. The summed E-state index contributed by atoms with van der Waals surface area (Å²) in [6.07, 6.45) is 3.21. The van der Waals surface area contributed by atoms with E-state index in [1.165, 1.54) is 0 Å². The van der Waals surface area contributed by atoms with E-state index in [9.17, 15) is 5.11 Å². The van der Waals surface area contributed by atoms with Gasteiger partial charge in [0.25, 0.3) is 0 Å². The summed E-state index contributed by atoms with van der Waals surface area (Å²) in [5, 5.41) is 16.6. The fourth-order valence-electron chi connectivity index (χ4n) is 3.11. The van der Waals surface area contributed by atoms with Gasteiger partial charge in [-0.3, -0.25) is 0 Å².